The average Bonchev–Trinajstić information content (AvgIpc) is 2.97. The van der Waals surface area contributed by atoms with E-state index in [1.165, 1.54) is 18.2 Å². The van der Waals surface area contributed by atoms with E-state index < -0.39 is 0 Å². The number of thiocarbonyl (C=S) groups is 1. The Morgan fingerprint density at radius 1 is 1.11 bits per heavy atom. The normalized spacial score (nSPS) is 10.2. The molecule has 1 aromatic carbocycles. The van der Waals surface area contributed by atoms with Gasteiger partial charge >= 0.3 is 0 Å². The minimum Gasteiger partial charge on any atom is -0.492 e. The lowest BCUT2D eigenvalue weighted by atomic mass is 10.1. The molecule has 0 amide bonds. The topological polar surface area (TPSA) is 61.3 Å². The third kappa shape index (κ3) is 2.85. The van der Waals surface area contributed by atoms with Crippen molar-refractivity contribution in [2.24, 2.45) is 0 Å². The molecule has 2 aliphatic rings. The fourth-order valence-corrected chi connectivity index (χ4v) is 2.00. The van der Waals surface area contributed by atoms with Crippen LogP contribution >= 0.6 is 12.2 Å². The summed E-state index contributed by atoms with van der Waals surface area (Å²) in [6.07, 6.45) is 0. The van der Waals surface area contributed by atoms with Crippen LogP contribution in [0.3, 0.4) is 0 Å². The molecule has 4 N–H and O–H groups in total. The Hall–Kier alpha value is -2.07. The van der Waals surface area contributed by atoms with Crippen molar-refractivity contribution in [2.75, 3.05) is 18.6 Å². The number of hydrogen-bond acceptors (Lipinski definition) is 4. The van der Waals surface area contributed by atoms with E-state index in [0.29, 0.717) is 17.1 Å². The van der Waals surface area contributed by atoms with Gasteiger partial charge in [-0.25, -0.2) is 0 Å². The Morgan fingerprint density at radius 2 is 1.74 bits per heavy atom. The molecule has 0 saturated heterocycles. The number of nitrogens with two attached hydrogens (primary N) is 2. The van der Waals surface area contributed by atoms with E-state index in [1.54, 1.807) is 12.1 Å². The molecule has 0 radical (unpaired) electrons. The molecule has 3 rings (SSSR count). The summed E-state index contributed by atoms with van der Waals surface area (Å²) in [6.45, 7) is 1.82. The number of hydrogen-bond donors (Lipinski definition) is 2. The van der Waals surface area contributed by atoms with Crippen LogP contribution in [0, 0.1) is 0 Å². The third-order valence-electron chi connectivity index (χ3n) is 2.92. The monoisotopic (exact) mass is 272 g/mol. The van der Waals surface area contributed by atoms with Crippen molar-refractivity contribution < 1.29 is 4.74 Å². The predicted octanol–water partition coefficient (Wildman–Crippen LogP) is 3.26. The third-order valence-corrected chi connectivity index (χ3v) is 3.14. The highest BCUT2D eigenvalue weighted by Gasteiger charge is 2.10. The van der Waals surface area contributed by atoms with Gasteiger partial charge in [-0.3, -0.25) is 0 Å². The number of rotatable bonds is 2. The molecule has 0 fully saturated rings. The summed E-state index contributed by atoms with van der Waals surface area (Å²) in [5.41, 5.74) is 16.2. The minimum absolute atomic E-state index is 0.502. The Bertz CT molecular complexity index is 621. The van der Waals surface area contributed by atoms with Crippen LogP contribution in [-0.4, -0.2) is 12.0 Å². The van der Waals surface area contributed by atoms with Crippen molar-refractivity contribution >= 4 is 28.5 Å². The summed E-state index contributed by atoms with van der Waals surface area (Å²) >= 11 is 5.02. The van der Waals surface area contributed by atoms with E-state index in [-0.39, 0.29) is 0 Å². The summed E-state index contributed by atoms with van der Waals surface area (Å²) in [5.74, 6) is 0.502. The highest BCUT2D eigenvalue weighted by molar-refractivity contribution is 7.80. The molecular weight excluding hydrogens is 256 g/mol. The number of nitrogen functional groups attached to an aromatic ring is 2. The molecule has 0 aliphatic heterocycles. The zero-order valence-electron chi connectivity index (χ0n) is 10.9. The van der Waals surface area contributed by atoms with E-state index in [2.05, 4.69) is 24.3 Å². The lowest BCUT2D eigenvalue weighted by Gasteiger charge is -2.11. The first-order valence-corrected chi connectivity index (χ1v) is 6.28. The number of benzene rings is 2. The molecule has 1 aromatic rings. The first-order valence-electron chi connectivity index (χ1n) is 5.88. The van der Waals surface area contributed by atoms with Crippen molar-refractivity contribution in [1.82, 2.24) is 0 Å². The van der Waals surface area contributed by atoms with E-state index in [4.69, 9.17) is 28.4 Å². The molecule has 3 nitrogen and oxygen atoms in total. The Morgan fingerprint density at radius 3 is 2.11 bits per heavy atom. The van der Waals surface area contributed by atoms with Gasteiger partial charge in [0.25, 0.3) is 0 Å². The second kappa shape index (κ2) is 5.28. The average molecular weight is 272 g/mol. The maximum Gasteiger partial charge on any atom is 0.165 e. The van der Waals surface area contributed by atoms with Crippen LogP contribution in [0.4, 0.5) is 11.4 Å². The maximum atomic E-state index is 5.80. The summed E-state index contributed by atoms with van der Waals surface area (Å²) in [7, 11) is 1.53. The molecule has 0 unspecified atom stereocenters. The molecule has 98 valence electrons. The van der Waals surface area contributed by atoms with Gasteiger partial charge in [0.15, 0.2) is 5.75 Å². The summed E-state index contributed by atoms with van der Waals surface area (Å²) in [5, 5.41) is 0. The minimum atomic E-state index is 0.502. The van der Waals surface area contributed by atoms with Crippen molar-refractivity contribution in [3.63, 3.8) is 0 Å². The lowest BCUT2D eigenvalue weighted by Crippen LogP contribution is -2.03. The van der Waals surface area contributed by atoms with Crippen LogP contribution in [0.15, 0.2) is 36.4 Å². The van der Waals surface area contributed by atoms with Gasteiger partial charge in [-0.2, -0.15) is 0 Å². The van der Waals surface area contributed by atoms with Crippen LogP contribution in [0.2, 0.25) is 0 Å². The molecule has 0 bridgehead atoms. The van der Waals surface area contributed by atoms with Crippen LogP contribution in [0.5, 0.6) is 5.75 Å². The zero-order valence-corrected chi connectivity index (χ0v) is 11.8. The summed E-state index contributed by atoms with van der Waals surface area (Å²) < 4.78 is 5.06. The molecule has 0 saturated carbocycles. The summed E-state index contributed by atoms with van der Waals surface area (Å²) in [6, 6.07) is 12.0. The molecule has 19 heavy (non-hydrogen) atoms. The van der Waals surface area contributed by atoms with E-state index >= 15 is 0 Å². The van der Waals surface area contributed by atoms with Crippen LogP contribution in [-0.2, 0) is 0 Å². The molecule has 0 spiro atoms. The maximum absolute atomic E-state index is 5.80. The smallest absolute Gasteiger partial charge is 0.165 e. The molecule has 4 heteroatoms. The largest absolute Gasteiger partial charge is 0.492 e. The highest BCUT2D eigenvalue weighted by atomic mass is 32.1. The molecule has 0 atom stereocenters. The van der Waals surface area contributed by atoms with Gasteiger partial charge in [0, 0.05) is 10.4 Å². The first kappa shape index (κ1) is 13.4. The molecule has 0 aromatic heterocycles. The van der Waals surface area contributed by atoms with Gasteiger partial charge in [-0.15, -0.1) is 0 Å². The Labute approximate surface area is 118 Å². The van der Waals surface area contributed by atoms with Gasteiger partial charge < -0.3 is 16.2 Å². The quantitative estimate of drug-likeness (QED) is 0.427. The van der Waals surface area contributed by atoms with Crippen LogP contribution < -0.4 is 16.2 Å². The van der Waals surface area contributed by atoms with Crippen LogP contribution in [0.1, 0.15) is 12.5 Å². The second-order valence-corrected chi connectivity index (χ2v) is 4.90. The van der Waals surface area contributed by atoms with Crippen LogP contribution in [0.25, 0.3) is 11.1 Å². The van der Waals surface area contributed by atoms with Crippen molar-refractivity contribution in [3.8, 4) is 16.9 Å². The zero-order chi connectivity index (χ0) is 14.0. The second-order valence-electron chi connectivity index (χ2n) is 4.29. The first-order chi connectivity index (χ1) is 9.04. The standard InChI is InChI=1S/C9H12N2OS.C6H4/c1-5(13)6-3-4-7(10)9(12-2)8(6)11;1-2-5-4-6(5)3-1/h3-4H,10-11H2,1-2H3;1-4H. The van der Waals surface area contributed by atoms with Gasteiger partial charge in [-0.05, 0) is 36.2 Å². The lowest BCUT2D eigenvalue weighted by molar-refractivity contribution is 0.419. The van der Waals surface area contributed by atoms with E-state index in [9.17, 15) is 0 Å². The number of methoxy groups -OCH3 is 1. The van der Waals surface area contributed by atoms with Gasteiger partial charge in [0.2, 0.25) is 0 Å². The van der Waals surface area contributed by atoms with Crippen molar-refractivity contribution in [1.29, 1.82) is 0 Å². The molecular formula is C15H16N2OS. The number of anilines is 2. The molecule has 2 aliphatic carbocycles. The fraction of sp³-hybridized carbons (Fsp3) is 0.133. The van der Waals surface area contributed by atoms with Crippen molar-refractivity contribution in [2.45, 2.75) is 6.92 Å². The van der Waals surface area contributed by atoms with E-state index in [1.807, 2.05) is 6.92 Å². The number of fused-ring (bicyclic) bond motifs is 1. The summed E-state index contributed by atoms with van der Waals surface area (Å²) in [4.78, 5) is 0.732. The van der Waals surface area contributed by atoms with Gasteiger partial charge in [0.05, 0.1) is 18.5 Å². The predicted molar refractivity (Wildman–Crippen MR) is 84.6 cm³/mol. The Kier molecular flexibility index (Phi) is 3.71. The highest BCUT2D eigenvalue weighted by Crippen LogP contribution is 2.33. The number of ether oxygens (including phenoxy) is 1. The van der Waals surface area contributed by atoms with E-state index in [0.717, 1.165) is 10.4 Å². The fourth-order valence-electron chi connectivity index (χ4n) is 1.83. The Balaban J connectivity index is 0.000000180. The SMILES string of the molecule is COc1c(N)ccc(C(C)=S)c1N.c1cc2cc-2c1. The molecule has 0 heterocycles. The van der Waals surface area contributed by atoms with Crippen molar-refractivity contribution in [3.05, 3.63) is 42.0 Å². The van der Waals surface area contributed by atoms with Gasteiger partial charge in [-0.1, -0.05) is 30.4 Å². The van der Waals surface area contributed by atoms with Gasteiger partial charge in [0.1, 0.15) is 0 Å².